The van der Waals surface area contributed by atoms with Gasteiger partial charge in [0.25, 0.3) is 0 Å². The Hall–Kier alpha value is 0.420. The molecule has 4 atom stereocenters. The molecular formula is C6H10Cl2O4. The van der Waals surface area contributed by atoms with Gasteiger partial charge >= 0.3 is 0 Å². The van der Waals surface area contributed by atoms with Crippen molar-refractivity contribution in [3.05, 3.63) is 0 Å². The third kappa shape index (κ3) is 1.55. The van der Waals surface area contributed by atoms with Crippen LogP contribution in [0.2, 0.25) is 0 Å². The fourth-order valence-corrected chi connectivity index (χ4v) is 1.57. The molecule has 0 aromatic carbocycles. The van der Waals surface area contributed by atoms with Gasteiger partial charge in [0, 0.05) is 0 Å². The Balaban J connectivity index is 2.72. The molecule has 1 heterocycles. The van der Waals surface area contributed by atoms with E-state index in [-0.39, 0.29) is 11.8 Å². The minimum Gasteiger partial charge on any atom is -0.387 e. The highest BCUT2D eigenvalue weighted by atomic mass is 35.5. The smallest absolute Gasteiger partial charge is 0.209 e. The maximum absolute atomic E-state index is 9.42. The van der Waals surface area contributed by atoms with Crippen LogP contribution in [-0.4, -0.2) is 51.2 Å². The fourth-order valence-electron chi connectivity index (χ4n) is 1.11. The van der Waals surface area contributed by atoms with E-state index in [0.717, 1.165) is 0 Å². The van der Waals surface area contributed by atoms with Crippen LogP contribution >= 0.6 is 23.2 Å². The summed E-state index contributed by atoms with van der Waals surface area (Å²) in [7, 11) is 0. The number of hydrogen-bond acceptors (Lipinski definition) is 4. The minimum absolute atomic E-state index is 0.00255. The predicted octanol–water partition coefficient (Wildman–Crippen LogP) is -0.727. The number of aliphatic hydroxyl groups is 3. The predicted molar refractivity (Wildman–Crippen MR) is 43.3 cm³/mol. The lowest BCUT2D eigenvalue weighted by Gasteiger charge is -2.22. The van der Waals surface area contributed by atoms with Gasteiger partial charge in [-0.05, 0) is 0 Å². The van der Waals surface area contributed by atoms with E-state index < -0.39 is 24.1 Å². The Morgan fingerprint density at radius 3 is 2.17 bits per heavy atom. The van der Waals surface area contributed by atoms with Gasteiger partial charge in [-0.25, -0.2) is 0 Å². The van der Waals surface area contributed by atoms with Crippen LogP contribution in [0.15, 0.2) is 0 Å². The fraction of sp³-hybridized carbons (Fsp3) is 1.00. The number of rotatable bonds is 2. The third-order valence-electron chi connectivity index (χ3n) is 1.87. The van der Waals surface area contributed by atoms with Crippen LogP contribution < -0.4 is 0 Å². The number of alkyl halides is 2. The third-order valence-corrected chi connectivity index (χ3v) is 2.55. The van der Waals surface area contributed by atoms with Crippen molar-refractivity contribution in [3.63, 3.8) is 0 Å². The van der Waals surface area contributed by atoms with Gasteiger partial charge in [0.2, 0.25) is 5.79 Å². The Bertz CT molecular complexity index is 168. The standard InChI is InChI=1S/C6H10Cl2O4/c7-1-3-4(9)5(10)6(11,2-8)12-3/h3-5,9-11H,1-2H2/t3-,4-,5+,6-/m1/s1. The summed E-state index contributed by atoms with van der Waals surface area (Å²) in [6, 6.07) is 0. The van der Waals surface area contributed by atoms with E-state index in [1.54, 1.807) is 0 Å². The topological polar surface area (TPSA) is 69.9 Å². The van der Waals surface area contributed by atoms with Gasteiger partial charge in [-0.1, -0.05) is 0 Å². The van der Waals surface area contributed by atoms with Crippen LogP contribution in [0, 0.1) is 0 Å². The number of ether oxygens (including phenoxy) is 1. The highest BCUT2D eigenvalue weighted by molar-refractivity contribution is 6.19. The quantitative estimate of drug-likeness (QED) is 0.533. The molecule has 0 saturated carbocycles. The van der Waals surface area contributed by atoms with E-state index in [1.807, 2.05) is 0 Å². The molecule has 1 fully saturated rings. The first-order valence-corrected chi connectivity index (χ1v) is 4.50. The molecule has 0 unspecified atom stereocenters. The zero-order chi connectivity index (χ0) is 9.35. The first-order chi connectivity index (χ1) is 5.55. The van der Waals surface area contributed by atoms with Crippen LogP contribution in [-0.2, 0) is 4.74 Å². The SMILES string of the molecule is O[C@@H]1[C@@H](CCl)O[C@](O)(CCl)[C@H]1O. The molecule has 1 rings (SSSR count). The lowest BCUT2D eigenvalue weighted by Crippen LogP contribution is -2.44. The van der Waals surface area contributed by atoms with Gasteiger partial charge in [0.15, 0.2) is 0 Å². The minimum atomic E-state index is -1.87. The molecule has 3 N–H and O–H groups in total. The second-order valence-corrected chi connectivity index (χ2v) is 3.30. The molecule has 0 amide bonds. The number of halogens is 2. The van der Waals surface area contributed by atoms with Crippen molar-refractivity contribution in [2.24, 2.45) is 0 Å². The van der Waals surface area contributed by atoms with Crippen molar-refractivity contribution in [1.29, 1.82) is 0 Å². The summed E-state index contributed by atoms with van der Waals surface area (Å²) in [6.07, 6.45) is -3.37. The van der Waals surface area contributed by atoms with Crippen molar-refractivity contribution in [3.8, 4) is 0 Å². The molecule has 1 aliphatic rings. The monoisotopic (exact) mass is 216 g/mol. The molecule has 0 spiro atoms. The van der Waals surface area contributed by atoms with Crippen molar-refractivity contribution in [2.45, 2.75) is 24.1 Å². The first kappa shape index (κ1) is 10.5. The molecule has 0 aliphatic carbocycles. The van der Waals surface area contributed by atoms with Crippen molar-refractivity contribution in [1.82, 2.24) is 0 Å². The van der Waals surface area contributed by atoms with E-state index >= 15 is 0 Å². The number of hydrogen-bond donors (Lipinski definition) is 3. The molecule has 12 heavy (non-hydrogen) atoms. The molecule has 0 aromatic heterocycles. The normalized spacial score (nSPS) is 48.2. The molecule has 0 aromatic rings. The summed E-state index contributed by atoms with van der Waals surface area (Å²) >= 11 is 10.7. The highest BCUT2D eigenvalue weighted by Crippen LogP contribution is 2.30. The van der Waals surface area contributed by atoms with Crippen molar-refractivity contribution in [2.75, 3.05) is 11.8 Å². The summed E-state index contributed by atoms with van der Waals surface area (Å²) in [5.74, 6) is -2.18. The van der Waals surface area contributed by atoms with Gasteiger partial charge in [-0.15, -0.1) is 23.2 Å². The van der Waals surface area contributed by atoms with Gasteiger partial charge in [-0.3, -0.25) is 0 Å². The maximum Gasteiger partial charge on any atom is 0.209 e. The van der Waals surface area contributed by atoms with E-state index in [4.69, 9.17) is 27.9 Å². The highest BCUT2D eigenvalue weighted by Gasteiger charge is 2.52. The molecule has 0 bridgehead atoms. The average Bonchev–Trinajstić information content (AvgIpc) is 2.31. The summed E-state index contributed by atoms with van der Waals surface area (Å²) in [5, 5.41) is 27.9. The Morgan fingerprint density at radius 2 is 1.92 bits per heavy atom. The van der Waals surface area contributed by atoms with Crippen molar-refractivity contribution >= 4 is 23.2 Å². The van der Waals surface area contributed by atoms with Crippen LogP contribution in [0.5, 0.6) is 0 Å². The van der Waals surface area contributed by atoms with Gasteiger partial charge in [0.1, 0.15) is 18.3 Å². The summed E-state index contributed by atoms with van der Waals surface area (Å²) < 4.78 is 4.86. The van der Waals surface area contributed by atoms with E-state index in [0.29, 0.717) is 0 Å². The lowest BCUT2D eigenvalue weighted by atomic mass is 10.1. The summed E-state index contributed by atoms with van der Waals surface area (Å²) in [6.45, 7) is 0. The maximum atomic E-state index is 9.42. The molecule has 4 nitrogen and oxygen atoms in total. The molecule has 6 heteroatoms. The first-order valence-electron chi connectivity index (χ1n) is 3.43. The largest absolute Gasteiger partial charge is 0.387 e. The Morgan fingerprint density at radius 1 is 1.33 bits per heavy atom. The van der Waals surface area contributed by atoms with Gasteiger partial charge < -0.3 is 20.1 Å². The van der Waals surface area contributed by atoms with Crippen LogP contribution in [0.4, 0.5) is 0 Å². The molecule has 0 radical (unpaired) electrons. The van der Waals surface area contributed by atoms with Crippen LogP contribution in [0.25, 0.3) is 0 Å². The second kappa shape index (κ2) is 3.65. The van der Waals surface area contributed by atoms with E-state index in [9.17, 15) is 15.3 Å². The molecule has 1 saturated heterocycles. The Kier molecular flexibility index (Phi) is 3.20. The Labute approximate surface area is 79.7 Å². The summed E-state index contributed by atoms with van der Waals surface area (Å²) in [5.41, 5.74) is 0. The van der Waals surface area contributed by atoms with E-state index in [1.165, 1.54) is 0 Å². The van der Waals surface area contributed by atoms with Gasteiger partial charge in [-0.2, -0.15) is 0 Å². The van der Waals surface area contributed by atoms with Gasteiger partial charge in [0.05, 0.1) is 11.8 Å². The lowest BCUT2D eigenvalue weighted by molar-refractivity contribution is -0.209. The molecule has 1 aliphatic heterocycles. The zero-order valence-electron chi connectivity index (χ0n) is 6.15. The molecule has 72 valence electrons. The zero-order valence-corrected chi connectivity index (χ0v) is 7.66. The number of aliphatic hydroxyl groups excluding tert-OH is 2. The van der Waals surface area contributed by atoms with Crippen LogP contribution in [0.1, 0.15) is 0 Å². The van der Waals surface area contributed by atoms with E-state index in [2.05, 4.69) is 0 Å². The van der Waals surface area contributed by atoms with Crippen LogP contribution in [0.3, 0.4) is 0 Å². The second-order valence-electron chi connectivity index (χ2n) is 2.72. The molecular weight excluding hydrogens is 207 g/mol. The van der Waals surface area contributed by atoms with Crippen molar-refractivity contribution < 1.29 is 20.1 Å². The average molecular weight is 217 g/mol. The summed E-state index contributed by atoms with van der Waals surface area (Å²) in [4.78, 5) is 0.